The molecule has 4 rings (SSSR count). The summed E-state index contributed by atoms with van der Waals surface area (Å²) in [5.41, 5.74) is 0.740. The molecular weight excluding hydrogens is 230 g/mol. The van der Waals surface area contributed by atoms with E-state index in [4.69, 9.17) is 4.74 Å². The lowest BCUT2D eigenvalue weighted by Gasteiger charge is -2.16. The molecule has 92 valence electrons. The van der Waals surface area contributed by atoms with Crippen molar-refractivity contribution >= 4 is 17.1 Å². The SMILES string of the molecule is O=C(Oc1cc2cccnc2[nH]1)N1CC2CC2C1. The number of aromatic nitrogens is 2. The Bertz CT molecular complexity index is 578. The summed E-state index contributed by atoms with van der Waals surface area (Å²) in [6, 6.07) is 5.59. The van der Waals surface area contributed by atoms with Crippen molar-refractivity contribution in [2.75, 3.05) is 13.1 Å². The Labute approximate surface area is 104 Å². The summed E-state index contributed by atoms with van der Waals surface area (Å²) < 4.78 is 5.34. The van der Waals surface area contributed by atoms with Crippen molar-refractivity contribution < 1.29 is 9.53 Å². The molecule has 3 heterocycles. The first-order chi connectivity index (χ1) is 8.79. The summed E-state index contributed by atoms with van der Waals surface area (Å²) in [4.78, 5) is 20.9. The minimum atomic E-state index is -0.256. The molecule has 1 amide bonds. The Morgan fingerprint density at radius 1 is 1.44 bits per heavy atom. The molecule has 0 aromatic carbocycles. The second kappa shape index (κ2) is 3.48. The molecular formula is C13H13N3O2. The molecule has 0 bridgehead atoms. The van der Waals surface area contributed by atoms with Crippen molar-refractivity contribution in [3.63, 3.8) is 0 Å². The molecule has 18 heavy (non-hydrogen) atoms. The van der Waals surface area contributed by atoms with Gasteiger partial charge in [-0.1, -0.05) is 0 Å². The number of nitrogens with one attached hydrogen (secondary N) is 1. The highest BCUT2D eigenvalue weighted by molar-refractivity contribution is 5.79. The molecule has 2 aliphatic rings. The number of carbonyl (C=O) groups excluding carboxylic acids is 1. The van der Waals surface area contributed by atoms with Crippen LogP contribution in [-0.4, -0.2) is 34.1 Å². The van der Waals surface area contributed by atoms with Crippen LogP contribution in [0.1, 0.15) is 6.42 Å². The van der Waals surface area contributed by atoms with Crippen molar-refractivity contribution in [3.05, 3.63) is 24.4 Å². The van der Waals surface area contributed by atoms with Crippen LogP contribution in [-0.2, 0) is 0 Å². The number of pyridine rings is 1. The summed E-state index contributed by atoms with van der Waals surface area (Å²) in [6.45, 7) is 1.70. The predicted molar refractivity (Wildman–Crippen MR) is 65.3 cm³/mol. The molecule has 2 aromatic heterocycles. The predicted octanol–water partition coefficient (Wildman–Crippen LogP) is 2.01. The number of ether oxygens (including phenoxy) is 1. The van der Waals surface area contributed by atoms with Crippen molar-refractivity contribution in [1.29, 1.82) is 0 Å². The van der Waals surface area contributed by atoms with E-state index in [1.807, 2.05) is 12.1 Å². The van der Waals surface area contributed by atoms with Gasteiger partial charge in [-0.15, -0.1) is 0 Å². The number of carbonyl (C=O) groups is 1. The maximum absolute atomic E-state index is 11.9. The van der Waals surface area contributed by atoms with Gasteiger partial charge in [0, 0.05) is 30.7 Å². The lowest BCUT2D eigenvalue weighted by molar-refractivity contribution is 0.156. The number of nitrogens with zero attached hydrogens (tertiary/aromatic N) is 2. The zero-order valence-electron chi connectivity index (χ0n) is 9.80. The minimum absolute atomic E-state index is 0.256. The van der Waals surface area contributed by atoms with Gasteiger partial charge in [-0.3, -0.25) is 0 Å². The van der Waals surface area contributed by atoms with Gasteiger partial charge in [0.25, 0.3) is 0 Å². The molecule has 2 atom stereocenters. The van der Waals surface area contributed by atoms with Crippen LogP contribution < -0.4 is 4.74 Å². The lowest BCUT2D eigenvalue weighted by Crippen LogP contribution is -2.32. The van der Waals surface area contributed by atoms with Crippen LogP contribution in [0.25, 0.3) is 11.0 Å². The van der Waals surface area contributed by atoms with Gasteiger partial charge in [0.1, 0.15) is 5.65 Å². The average Bonchev–Trinajstić information content (AvgIpc) is 2.83. The molecule has 0 radical (unpaired) electrons. The number of hydrogen-bond acceptors (Lipinski definition) is 3. The molecule has 1 N–H and O–H groups in total. The van der Waals surface area contributed by atoms with Crippen LogP contribution in [0.3, 0.4) is 0 Å². The monoisotopic (exact) mass is 243 g/mol. The Hall–Kier alpha value is -2.04. The number of amides is 1. The van der Waals surface area contributed by atoms with Crippen LogP contribution >= 0.6 is 0 Å². The molecule has 5 heteroatoms. The quantitative estimate of drug-likeness (QED) is 0.833. The van der Waals surface area contributed by atoms with E-state index in [9.17, 15) is 4.79 Å². The number of aromatic amines is 1. The standard InChI is InChI=1S/C13H13N3O2/c17-13(16-6-9-4-10(9)7-16)18-11-5-8-2-1-3-14-12(8)15-11/h1-3,5,9-10H,4,6-7H2,(H,14,15). The normalized spacial score (nSPS) is 25.2. The van der Waals surface area contributed by atoms with Gasteiger partial charge in [0.15, 0.2) is 0 Å². The number of hydrogen-bond donors (Lipinski definition) is 1. The molecule has 2 aromatic rings. The summed E-state index contributed by atoms with van der Waals surface area (Å²) in [7, 11) is 0. The van der Waals surface area contributed by atoms with E-state index in [-0.39, 0.29) is 6.09 Å². The van der Waals surface area contributed by atoms with Crippen LogP contribution in [0.5, 0.6) is 5.88 Å². The molecule has 0 spiro atoms. The molecule has 1 aliphatic carbocycles. The lowest BCUT2D eigenvalue weighted by atomic mass is 10.3. The van der Waals surface area contributed by atoms with Gasteiger partial charge in [0.2, 0.25) is 5.88 Å². The molecule has 2 unspecified atom stereocenters. The van der Waals surface area contributed by atoms with E-state index in [0.29, 0.717) is 5.88 Å². The first kappa shape index (κ1) is 9.94. The fraction of sp³-hybridized carbons (Fsp3) is 0.385. The number of fused-ring (bicyclic) bond motifs is 2. The second-order valence-corrected chi connectivity index (χ2v) is 5.10. The third kappa shape index (κ3) is 1.54. The van der Waals surface area contributed by atoms with E-state index >= 15 is 0 Å². The summed E-state index contributed by atoms with van der Waals surface area (Å²) in [5.74, 6) is 1.91. The highest BCUT2D eigenvalue weighted by Crippen LogP contribution is 2.44. The van der Waals surface area contributed by atoms with Crippen LogP contribution in [0.15, 0.2) is 24.4 Å². The van der Waals surface area contributed by atoms with Gasteiger partial charge in [-0.05, 0) is 30.4 Å². The van der Waals surface area contributed by atoms with Crippen molar-refractivity contribution in [2.24, 2.45) is 11.8 Å². The van der Waals surface area contributed by atoms with Gasteiger partial charge < -0.3 is 14.6 Å². The van der Waals surface area contributed by atoms with E-state index in [0.717, 1.165) is 36.0 Å². The van der Waals surface area contributed by atoms with Crippen LogP contribution in [0, 0.1) is 11.8 Å². The average molecular weight is 243 g/mol. The van der Waals surface area contributed by atoms with Crippen molar-refractivity contribution in [2.45, 2.75) is 6.42 Å². The highest BCUT2D eigenvalue weighted by atomic mass is 16.6. The first-order valence-corrected chi connectivity index (χ1v) is 6.20. The fourth-order valence-corrected chi connectivity index (χ4v) is 2.69. The van der Waals surface area contributed by atoms with Crippen LogP contribution in [0.2, 0.25) is 0 Å². The third-order valence-corrected chi connectivity index (χ3v) is 3.80. The van der Waals surface area contributed by atoms with Gasteiger partial charge >= 0.3 is 6.09 Å². The van der Waals surface area contributed by atoms with Gasteiger partial charge in [-0.25, -0.2) is 9.78 Å². The summed E-state index contributed by atoms with van der Waals surface area (Å²) >= 11 is 0. The van der Waals surface area contributed by atoms with E-state index < -0.39 is 0 Å². The zero-order valence-corrected chi connectivity index (χ0v) is 9.80. The number of rotatable bonds is 1. The molecule has 2 fully saturated rings. The maximum atomic E-state index is 11.9. The Morgan fingerprint density at radius 3 is 3.06 bits per heavy atom. The Kier molecular flexibility index (Phi) is 1.92. The van der Waals surface area contributed by atoms with Gasteiger partial charge in [0.05, 0.1) is 0 Å². The van der Waals surface area contributed by atoms with Gasteiger partial charge in [-0.2, -0.15) is 0 Å². The fourth-order valence-electron chi connectivity index (χ4n) is 2.69. The maximum Gasteiger partial charge on any atom is 0.416 e. The minimum Gasteiger partial charge on any atom is -0.393 e. The van der Waals surface area contributed by atoms with Crippen molar-refractivity contribution in [3.8, 4) is 5.88 Å². The summed E-state index contributed by atoms with van der Waals surface area (Å²) in [5, 5.41) is 0.949. The third-order valence-electron chi connectivity index (χ3n) is 3.80. The molecule has 1 saturated heterocycles. The van der Waals surface area contributed by atoms with E-state index in [1.54, 1.807) is 17.2 Å². The van der Waals surface area contributed by atoms with E-state index in [2.05, 4.69) is 9.97 Å². The second-order valence-electron chi connectivity index (χ2n) is 5.10. The smallest absolute Gasteiger partial charge is 0.393 e. The first-order valence-electron chi connectivity index (χ1n) is 6.20. The van der Waals surface area contributed by atoms with E-state index in [1.165, 1.54) is 6.42 Å². The van der Waals surface area contributed by atoms with Crippen molar-refractivity contribution in [1.82, 2.24) is 14.9 Å². The Morgan fingerprint density at radius 2 is 2.28 bits per heavy atom. The molecule has 5 nitrogen and oxygen atoms in total. The molecule has 1 aliphatic heterocycles. The topological polar surface area (TPSA) is 58.2 Å². The Balaban J connectivity index is 1.51. The van der Waals surface area contributed by atoms with Crippen LogP contribution in [0.4, 0.5) is 4.79 Å². The summed E-state index contributed by atoms with van der Waals surface area (Å²) in [6.07, 6.45) is 2.73. The highest BCUT2D eigenvalue weighted by Gasteiger charge is 2.47. The number of piperidine rings is 1. The number of likely N-dealkylation sites (tertiary alicyclic amines) is 1. The largest absolute Gasteiger partial charge is 0.416 e. The zero-order chi connectivity index (χ0) is 12.1. The molecule has 1 saturated carbocycles. The number of H-pyrrole nitrogens is 1.